The van der Waals surface area contributed by atoms with Crippen LogP contribution in [0.4, 0.5) is 0 Å². The summed E-state index contributed by atoms with van der Waals surface area (Å²) in [4.78, 5) is 44.4. The summed E-state index contributed by atoms with van der Waals surface area (Å²) >= 11 is 0. The highest BCUT2D eigenvalue weighted by Crippen LogP contribution is 2.29. The van der Waals surface area contributed by atoms with Crippen LogP contribution in [0.15, 0.2) is 0 Å². The highest BCUT2D eigenvalue weighted by atomic mass is 16.7. The average molecular weight is 348 g/mol. The fourth-order valence-corrected chi connectivity index (χ4v) is 2.15. The molecule has 0 radical (unpaired) electrons. The van der Waals surface area contributed by atoms with Crippen LogP contribution < -0.4 is 0 Å². The monoisotopic (exact) mass is 348 g/mol. The molecule has 0 saturated carbocycles. The lowest BCUT2D eigenvalue weighted by Crippen LogP contribution is -2.44. The molecule has 136 valence electrons. The highest BCUT2D eigenvalue weighted by molar-refractivity contribution is 5.68. The summed E-state index contributed by atoms with van der Waals surface area (Å²) in [6.45, 7) is 4.09. The first kappa shape index (κ1) is 19.8. The fraction of sp³-hybridized carbons (Fsp3) is 0.714. The van der Waals surface area contributed by atoms with Crippen LogP contribution in [0.3, 0.4) is 0 Å². The maximum atomic E-state index is 11.2. The van der Waals surface area contributed by atoms with Gasteiger partial charge in [-0.05, 0) is 0 Å². The first-order valence-electron chi connectivity index (χ1n) is 7.10. The van der Waals surface area contributed by atoms with Gasteiger partial charge < -0.3 is 28.8 Å². The second-order valence-corrected chi connectivity index (χ2v) is 5.09. The van der Waals surface area contributed by atoms with E-state index in [1.807, 2.05) is 0 Å². The van der Waals surface area contributed by atoms with Crippen LogP contribution in [0.25, 0.3) is 0 Å². The molecule has 1 saturated heterocycles. The Kier molecular flexibility index (Phi) is 7.11. The van der Waals surface area contributed by atoms with Crippen LogP contribution in [0, 0.1) is 0 Å². The Labute approximate surface area is 137 Å². The molecule has 1 aliphatic rings. The minimum Gasteiger partial charge on any atom is -0.462 e. The number of carbonyl (C=O) groups excluding carboxylic acids is 4. The summed E-state index contributed by atoms with van der Waals surface area (Å²) in [6, 6.07) is 0. The molecule has 10 heteroatoms. The third-order valence-electron chi connectivity index (χ3n) is 2.95. The van der Waals surface area contributed by atoms with Gasteiger partial charge in [-0.2, -0.15) is 0 Å². The molecule has 0 spiro atoms. The summed E-state index contributed by atoms with van der Waals surface area (Å²) in [5, 5.41) is 10.3. The van der Waals surface area contributed by atoms with E-state index in [9.17, 15) is 24.3 Å². The summed E-state index contributed by atoms with van der Waals surface area (Å²) in [5.41, 5.74) is 0. The zero-order valence-electron chi connectivity index (χ0n) is 13.7. The van der Waals surface area contributed by atoms with E-state index in [1.54, 1.807) is 0 Å². The third-order valence-corrected chi connectivity index (χ3v) is 2.95. The van der Waals surface area contributed by atoms with E-state index in [4.69, 9.17) is 23.7 Å². The van der Waals surface area contributed by atoms with Crippen molar-refractivity contribution in [3.8, 4) is 0 Å². The minimum absolute atomic E-state index is 0.393. The van der Waals surface area contributed by atoms with Crippen molar-refractivity contribution in [2.24, 2.45) is 0 Å². The van der Waals surface area contributed by atoms with E-state index in [0.29, 0.717) is 0 Å². The molecular weight excluding hydrogens is 328 g/mol. The molecule has 0 aromatic rings. The number of aliphatic hydroxyl groups excluding tert-OH is 1. The van der Waals surface area contributed by atoms with Crippen molar-refractivity contribution in [2.75, 3.05) is 6.61 Å². The van der Waals surface area contributed by atoms with Crippen LogP contribution in [-0.4, -0.2) is 66.3 Å². The van der Waals surface area contributed by atoms with Crippen molar-refractivity contribution in [2.45, 2.75) is 58.4 Å². The van der Waals surface area contributed by atoms with Crippen molar-refractivity contribution >= 4 is 23.9 Å². The molecule has 10 nitrogen and oxygen atoms in total. The lowest BCUT2D eigenvalue weighted by molar-refractivity contribution is -0.203. The molecule has 1 unspecified atom stereocenters. The van der Waals surface area contributed by atoms with Gasteiger partial charge in [0.2, 0.25) is 6.29 Å². The van der Waals surface area contributed by atoms with Crippen molar-refractivity contribution in [3.05, 3.63) is 0 Å². The van der Waals surface area contributed by atoms with Crippen LogP contribution in [0.2, 0.25) is 0 Å². The number of rotatable bonds is 6. The molecule has 5 atom stereocenters. The molecule has 0 aromatic carbocycles. The number of hydrogen-bond donors (Lipinski definition) is 1. The predicted molar refractivity (Wildman–Crippen MR) is 74.2 cm³/mol. The Balaban J connectivity index is 2.95. The first-order chi connectivity index (χ1) is 11.1. The smallest absolute Gasteiger partial charge is 0.305 e. The van der Waals surface area contributed by atoms with Gasteiger partial charge in [0.1, 0.15) is 18.8 Å². The topological polar surface area (TPSA) is 135 Å². The largest absolute Gasteiger partial charge is 0.462 e. The predicted octanol–water partition coefficient (Wildman–Crippen LogP) is -0.938. The fourth-order valence-electron chi connectivity index (χ4n) is 2.15. The van der Waals surface area contributed by atoms with Gasteiger partial charge in [0, 0.05) is 27.7 Å². The van der Waals surface area contributed by atoms with Gasteiger partial charge >= 0.3 is 23.9 Å². The molecule has 1 N–H and O–H groups in total. The number of hydrogen-bond acceptors (Lipinski definition) is 10. The quantitative estimate of drug-likeness (QED) is 0.473. The number of esters is 4. The van der Waals surface area contributed by atoms with Gasteiger partial charge in [0.25, 0.3) is 0 Å². The molecule has 0 aromatic heterocycles. The molecular formula is C14H20O10. The maximum Gasteiger partial charge on any atom is 0.305 e. The Morgan fingerprint density at radius 3 is 2.00 bits per heavy atom. The number of carbonyl (C=O) groups is 4. The van der Waals surface area contributed by atoms with E-state index >= 15 is 0 Å². The van der Waals surface area contributed by atoms with Gasteiger partial charge in [0.15, 0.2) is 12.2 Å². The summed E-state index contributed by atoms with van der Waals surface area (Å²) in [7, 11) is 0. The first-order valence-corrected chi connectivity index (χ1v) is 7.10. The molecule has 0 amide bonds. The Hall–Kier alpha value is -2.20. The maximum absolute atomic E-state index is 11.2. The average Bonchev–Trinajstić information content (AvgIpc) is 2.70. The Morgan fingerprint density at radius 1 is 0.958 bits per heavy atom. The zero-order chi connectivity index (χ0) is 18.4. The Bertz CT molecular complexity index is 502. The summed E-state index contributed by atoms with van der Waals surface area (Å²) in [5.74, 6) is -2.80. The van der Waals surface area contributed by atoms with Gasteiger partial charge in [-0.25, -0.2) is 0 Å². The van der Waals surface area contributed by atoms with Crippen LogP contribution in [0.1, 0.15) is 27.7 Å². The van der Waals surface area contributed by atoms with Gasteiger partial charge in [-0.15, -0.1) is 0 Å². The Morgan fingerprint density at radius 2 is 1.54 bits per heavy atom. The van der Waals surface area contributed by atoms with Gasteiger partial charge in [0.05, 0.1) is 0 Å². The molecule has 1 heterocycles. The summed E-state index contributed by atoms with van der Waals surface area (Å²) < 4.78 is 24.9. The third kappa shape index (κ3) is 5.78. The summed E-state index contributed by atoms with van der Waals surface area (Å²) in [6.07, 6.45) is -6.59. The number of ether oxygens (including phenoxy) is 5. The second-order valence-electron chi connectivity index (χ2n) is 5.09. The van der Waals surface area contributed by atoms with E-state index in [2.05, 4.69) is 0 Å². The van der Waals surface area contributed by atoms with Crippen LogP contribution in [0.5, 0.6) is 0 Å². The van der Waals surface area contributed by atoms with Crippen LogP contribution in [-0.2, 0) is 42.9 Å². The van der Waals surface area contributed by atoms with Gasteiger partial charge in [-0.3, -0.25) is 19.2 Å². The molecule has 1 rings (SSSR count). The lowest BCUT2D eigenvalue weighted by Gasteiger charge is -2.24. The van der Waals surface area contributed by atoms with Crippen LogP contribution >= 0.6 is 0 Å². The van der Waals surface area contributed by atoms with E-state index in [0.717, 1.165) is 27.7 Å². The standard InChI is InChI=1S/C14H20O10/c1-6(15)20-5-10(21-7(2)16)12-11(19)13(22-8(3)17)14(24-12)23-9(4)18/h10-14,19H,5H2,1-4H3/t10-,11+,12+,13-,14?/m1/s1. The van der Waals surface area contributed by atoms with E-state index in [1.165, 1.54) is 0 Å². The van der Waals surface area contributed by atoms with Crippen molar-refractivity contribution in [1.82, 2.24) is 0 Å². The zero-order valence-corrected chi connectivity index (χ0v) is 13.7. The molecule has 0 bridgehead atoms. The number of aliphatic hydroxyl groups is 1. The van der Waals surface area contributed by atoms with Crippen molar-refractivity contribution < 1.29 is 48.0 Å². The highest BCUT2D eigenvalue weighted by Gasteiger charge is 2.52. The molecule has 1 fully saturated rings. The van der Waals surface area contributed by atoms with E-state index in [-0.39, 0.29) is 0 Å². The van der Waals surface area contributed by atoms with Gasteiger partial charge in [-0.1, -0.05) is 0 Å². The normalized spacial score (nSPS) is 27.0. The second kappa shape index (κ2) is 8.60. The van der Waals surface area contributed by atoms with Crippen molar-refractivity contribution in [3.63, 3.8) is 0 Å². The SMILES string of the molecule is CC(=O)OC[C@@H](OC(C)=O)[C@@H]1OC(OC(C)=O)[C@H](OC(C)=O)[C@H]1O. The lowest BCUT2D eigenvalue weighted by atomic mass is 10.1. The van der Waals surface area contributed by atoms with E-state index < -0.39 is 61.2 Å². The molecule has 1 aliphatic heterocycles. The minimum atomic E-state index is -1.47. The molecule has 24 heavy (non-hydrogen) atoms. The molecule has 0 aliphatic carbocycles. The van der Waals surface area contributed by atoms with Crippen molar-refractivity contribution in [1.29, 1.82) is 0 Å².